The van der Waals surface area contributed by atoms with Crippen molar-refractivity contribution in [3.63, 3.8) is 0 Å². The summed E-state index contributed by atoms with van der Waals surface area (Å²) in [5, 5.41) is 12.9. The van der Waals surface area contributed by atoms with Gasteiger partial charge in [0.2, 0.25) is 5.76 Å². The van der Waals surface area contributed by atoms with Crippen LogP contribution in [0.1, 0.15) is 54.8 Å². The summed E-state index contributed by atoms with van der Waals surface area (Å²) in [7, 11) is 0. The van der Waals surface area contributed by atoms with Gasteiger partial charge in [-0.3, -0.25) is 9.59 Å². The zero-order chi connectivity index (χ0) is 14.3. The number of rotatable bonds is 6. The van der Waals surface area contributed by atoms with E-state index in [1.807, 2.05) is 0 Å². The first-order valence-electron chi connectivity index (χ1n) is 7.06. The summed E-state index contributed by atoms with van der Waals surface area (Å²) >= 11 is 0. The molecule has 0 bridgehead atoms. The second-order valence-electron chi connectivity index (χ2n) is 5.82. The highest BCUT2D eigenvalue weighted by molar-refractivity contribution is 5.92. The molecule has 2 saturated carbocycles. The van der Waals surface area contributed by atoms with Crippen LogP contribution >= 0.6 is 0 Å². The summed E-state index contributed by atoms with van der Waals surface area (Å²) in [6, 6.07) is 1.86. The molecule has 2 aliphatic carbocycles. The van der Waals surface area contributed by atoms with Crippen molar-refractivity contribution in [1.29, 1.82) is 0 Å². The highest BCUT2D eigenvalue weighted by Gasteiger charge is 2.37. The van der Waals surface area contributed by atoms with E-state index in [1.165, 1.54) is 0 Å². The topological polar surface area (TPSA) is 83.6 Å². The molecule has 0 aliphatic heterocycles. The summed E-state index contributed by atoms with van der Waals surface area (Å²) in [6.07, 6.45) is 4.06. The van der Waals surface area contributed by atoms with E-state index in [-0.39, 0.29) is 24.3 Å². The normalized spacial score (nSPS) is 19.6. The average Bonchev–Trinajstić information content (AvgIpc) is 3.34. The zero-order valence-electron chi connectivity index (χ0n) is 11.4. The van der Waals surface area contributed by atoms with Crippen molar-refractivity contribution in [2.75, 3.05) is 6.54 Å². The van der Waals surface area contributed by atoms with Gasteiger partial charge in [-0.15, -0.1) is 0 Å². The van der Waals surface area contributed by atoms with Gasteiger partial charge in [0.05, 0.1) is 11.6 Å². The number of amides is 1. The lowest BCUT2D eigenvalue weighted by atomic mass is 10.1. The van der Waals surface area contributed by atoms with E-state index >= 15 is 0 Å². The van der Waals surface area contributed by atoms with Crippen LogP contribution in [0.25, 0.3) is 0 Å². The number of carbonyl (C=O) groups is 2. The van der Waals surface area contributed by atoms with Crippen LogP contribution in [0, 0.1) is 5.92 Å². The van der Waals surface area contributed by atoms with Crippen LogP contribution in [0.4, 0.5) is 0 Å². The summed E-state index contributed by atoms with van der Waals surface area (Å²) in [5.41, 5.74) is 0.843. The molecule has 6 heteroatoms. The van der Waals surface area contributed by atoms with E-state index in [1.54, 1.807) is 17.9 Å². The summed E-state index contributed by atoms with van der Waals surface area (Å²) < 4.78 is 5.14. The number of hydrogen-bond donors (Lipinski definition) is 1. The minimum atomic E-state index is -0.889. The monoisotopic (exact) mass is 278 g/mol. The lowest BCUT2D eigenvalue weighted by Crippen LogP contribution is -2.38. The number of aliphatic carboxylic acids is 1. The fraction of sp³-hybridized carbons (Fsp3) is 0.643. The molecule has 1 aromatic heterocycles. The number of aromatic nitrogens is 1. The van der Waals surface area contributed by atoms with Crippen LogP contribution in [0.5, 0.6) is 0 Å². The van der Waals surface area contributed by atoms with E-state index < -0.39 is 11.9 Å². The standard InChI is InChI=1S/C14H18N2O4/c1-8(14(18)19)7-16(10-4-5-10)13(17)12-6-11(15-20-12)9-2-3-9/h6,8-10H,2-5,7H2,1H3,(H,18,19). The Bertz CT molecular complexity index is 531. The van der Waals surface area contributed by atoms with Gasteiger partial charge in [0.15, 0.2) is 0 Å². The molecule has 3 rings (SSSR count). The Balaban J connectivity index is 1.72. The number of carboxylic acid groups (broad SMARTS) is 1. The predicted octanol–water partition coefficient (Wildman–Crippen LogP) is 1.88. The van der Waals surface area contributed by atoms with Crippen LogP contribution in [-0.2, 0) is 4.79 Å². The van der Waals surface area contributed by atoms with E-state index in [0.717, 1.165) is 31.4 Å². The number of carboxylic acids is 1. The van der Waals surface area contributed by atoms with Gasteiger partial charge in [-0.1, -0.05) is 12.1 Å². The molecule has 20 heavy (non-hydrogen) atoms. The Morgan fingerprint density at radius 3 is 2.70 bits per heavy atom. The zero-order valence-corrected chi connectivity index (χ0v) is 11.4. The molecule has 1 aromatic rings. The molecule has 6 nitrogen and oxygen atoms in total. The van der Waals surface area contributed by atoms with E-state index in [4.69, 9.17) is 9.63 Å². The molecule has 108 valence electrons. The minimum absolute atomic E-state index is 0.152. The minimum Gasteiger partial charge on any atom is -0.481 e. The quantitative estimate of drug-likeness (QED) is 0.858. The maximum Gasteiger partial charge on any atom is 0.308 e. The Kier molecular flexibility index (Phi) is 3.23. The molecular weight excluding hydrogens is 260 g/mol. The third kappa shape index (κ3) is 2.69. The lowest BCUT2D eigenvalue weighted by Gasteiger charge is -2.22. The van der Waals surface area contributed by atoms with Gasteiger partial charge < -0.3 is 14.5 Å². The van der Waals surface area contributed by atoms with E-state index in [2.05, 4.69) is 5.16 Å². The largest absolute Gasteiger partial charge is 0.481 e. The van der Waals surface area contributed by atoms with Crippen LogP contribution in [0.3, 0.4) is 0 Å². The second kappa shape index (κ2) is 4.92. The van der Waals surface area contributed by atoms with Crippen molar-refractivity contribution in [1.82, 2.24) is 10.1 Å². The van der Waals surface area contributed by atoms with Gasteiger partial charge in [0.25, 0.3) is 5.91 Å². The molecule has 0 radical (unpaired) electrons. The molecule has 1 amide bonds. The maximum atomic E-state index is 12.4. The first kappa shape index (κ1) is 13.1. The third-order valence-corrected chi connectivity index (χ3v) is 3.88. The van der Waals surface area contributed by atoms with Crippen LogP contribution in [0.15, 0.2) is 10.6 Å². The lowest BCUT2D eigenvalue weighted by molar-refractivity contribution is -0.141. The van der Waals surface area contributed by atoms with Gasteiger partial charge in [-0.05, 0) is 25.7 Å². The van der Waals surface area contributed by atoms with Crippen molar-refractivity contribution in [3.8, 4) is 0 Å². The van der Waals surface area contributed by atoms with Gasteiger partial charge in [-0.25, -0.2) is 0 Å². The van der Waals surface area contributed by atoms with Crippen molar-refractivity contribution in [2.45, 2.75) is 44.6 Å². The summed E-state index contributed by atoms with van der Waals surface area (Å²) in [4.78, 5) is 25.0. The van der Waals surface area contributed by atoms with Crippen LogP contribution < -0.4 is 0 Å². The molecule has 0 saturated heterocycles. The van der Waals surface area contributed by atoms with E-state index in [0.29, 0.717) is 5.92 Å². The number of hydrogen-bond acceptors (Lipinski definition) is 4. The first-order valence-corrected chi connectivity index (χ1v) is 7.06. The van der Waals surface area contributed by atoms with Crippen molar-refractivity contribution in [3.05, 3.63) is 17.5 Å². The van der Waals surface area contributed by atoms with Gasteiger partial charge >= 0.3 is 5.97 Å². The maximum absolute atomic E-state index is 12.4. The van der Waals surface area contributed by atoms with Crippen molar-refractivity contribution < 1.29 is 19.2 Å². The average molecular weight is 278 g/mol. The van der Waals surface area contributed by atoms with Crippen molar-refractivity contribution in [2.24, 2.45) is 5.92 Å². The first-order chi connectivity index (χ1) is 9.56. The Hall–Kier alpha value is -1.85. The fourth-order valence-electron chi connectivity index (χ4n) is 2.26. The molecule has 1 atom stereocenters. The Labute approximate surface area is 116 Å². The fourth-order valence-corrected chi connectivity index (χ4v) is 2.26. The second-order valence-corrected chi connectivity index (χ2v) is 5.82. The summed E-state index contributed by atoms with van der Waals surface area (Å²) in [6.45, 7) is 1.83. The van der Waals surface area contributed by atoms with Gasteiger partial charge in [0, 0.05) is 24.6 Å². The van der Waals surface area contributed by atoms with Crippen LogP contribution in [0.2, 0.25) is 0 Å². The molecular formula is C14H18N2O4. The van der Waals surface area contributed by atoms with Gasteiger partial charge in [0.1, 0.15) is 0 Å². The third-order valence-electron chi connectivity index (χ3n) is 3.88. The molecule has 0 aromatic carbocycles. The SMILES string of the molecule is CC(CN(C(=O)c1cc(C2CC2)no1)C1CC1)C(=O)O. The predicted molar refractivity (Wildman–Crippen MR) is 69.3 cm³/mol. The Morgan fingerprint density at radius 1 is 1.45 bits per heavy atom. The van der Waals surface area contributed by atoms with Gasteiger partial charge in [-0.2, -0.15) is 0 Å². The van der Waals surface area contributed by atoms with Crippen LogP contribution in [-0.4, -0.2) is 39.6 Å². The molecule has 1 N–H and O–H groups in total. The molecule has 2 fully saturated rings. The number of carbonyl (C=O) groups excluding carboxylic acids is 1. The highest BCUT2D eigenvalue weighted by Crippen LogP contribution is 2.39. The molecule has 0 spiro atoms. The molecule has 1 heterocycles. The highest BCUT2D eigenvalue weighted by atomic mass is 16.5. The Morgan fingerprint density at radius 2 is 2.15 bits per heavy atom. The molecule has 1 unspecified atom stereocenters. The van der Waals surface area contributed by atoms with Crippen molar-refractivity contribution >= 4 is 11.9 Å². The summed E-state index contributed by atoms with van der Waals surface area (Å²) in [5.74, 6) is -1.03. The molecule has 2 aliphatic rings. The smallest absolute Gasteiger partial charge is 0.308 e. The number of nitrogens with zero attached hydrogens (tertiary/aromatic N) is 2. The van der Waals surface area contributed by atoms with E-state index in [9.17, 15) is 9.59 Å².